The standard InChI is InChI=1S/C15H26O2/c1-13(2)7-10-12(13)9-8-14(9,3)11(16)5-6-15(10,4)17/h9-12,16-17H,5-8H2,1-4H3/t9-,10+,11-,12-,14-,15+/m1/s1. The lowest BCUT2D eigenvalue weighted by Gasteiger charge is -2.59. The van der Waals surface area contributed by atoms with E-state index in [1.807, 2.05) is 6.92 Å². The van der Waals surface area contributed by atoms with E-state index in [0.29, 0.717) is 23.2 Å². The highest BCUT2D eigenvalue weighted by atomic mass is 16.3. The van der Waals surface area contributed by atoms with Crippen molar-refractivity contribution in [2.75, 3.05) is 0 Å². The van der Waals surface area contributed by atoms with Gasteiger partial charge in [0, 0.05) is 0 Å². The highest BCUT2D eigenvalue weighted by Crippen LogP contribution is 2.72. The number of hydrogen-bond acceptors (Lipinski definition) is 2. The van der Waals surface area contributed by atoms with E-state index < -0.39 is 5.60 Å². The van der Waals surface area contributed by atoms with Gasteiger partial charge in [0.2, 0.25) is 0 Å². The third kappa shape index (κ3) is 1.46. The predicted molar refractivity (Wildman–Crippen MR) is 67.5 cm³/mol. The maximum atomic E-state index is 10.6. The second-order valence-electron chi connectivity index (χ2n) is 8.05. The molecule has 0 aromatic carbocycles. The summed E-state index contributed by atoms with van der Waals surface area (Å²) in [5.74, 6) is 1.70. The van der Waals surface area contributed by atoms with Crippen molar-refractivity contribution in [1.82, 2.24) is 0 Å². The Labute approximate surface area is 104 Å². The predicted octanol–water partition coefficient (Wildman–Crippen LogP) is 2.58. The van der Waals surface area contributed by atoms with Crippen molar-refractivity contribution in [1.29, 1.82) is 0 Å². The van der Waals surface area contributed by atoms with Gasteiger partial charge in [-0.2, -0.15) is 0 Å². The molecule has 3 fully saturated rings. The van der Waals surface area contributed by atoms with E-state index in [0.717, 1.165) is 25.7 Å². The van der Waals surface area contributed by atoms with Crippen molar-refractivity contribution in [2.24, 2.45) is 28.6 Å². The number of aliphatic hydroxyl groups excluding tert-OH is 1. The lowest BCUT2D eigenvalue weighted by Crippen LogP contribution is -2.57. The molecule has 0 bridgehead atoms. The Kier molecular flexibility index (Phi) is 2.17. The van der Waals surface area contributed by atoms with Crippen LogP contribution in [-0.4, -0.2) is 21.9 Å². The van der Waals surface area contributed by atoms with E-state index >= 15 is 0 Å². The fourth-order valence-corrected chi connectivity index (χ4v) is 4.93. The van der Waals surface area contributed by atoms with Crippen molar-refractivity contribution in [3.8, 4) is 0 Å². The van der Waals surface area contributed by atoms with Crippen LogP contribution in [0.5, 0.6) is 0 Å². The van der Waals surface area contributed by atoms with Gasteiger partial charge in [0.15, 0.2) is 0 Å². The highest BCUT2D eigenvalue weighted by molar-refractivity contribution is 5.17. The Balaban J connectivity index is 1.92. The molecule has 3 rings (SSSR count). The Bertz CT molecular complexity index is 347. The van der Waals surface area contributed by atoms with Gasteiger partial charge in [-0.3, -0.25) is 0 Å². The number of fused-ring (bicyclic) bond motifs is 3. The van der Waals surface area contributed by atoms with Gasteiger partial charge in [0.25, 0.3) is 0 Å². The molecular formula is C15H26O2. The quantitative estimate of drug-likeness (QED) is 0.681. The van der Waals surface area contributed by atoms with Crippen LogP contribution in [0.4, 0.5) is 0 Å². The summed E-state index contributed by atoms with van der Waals surface area (Å²) in [6.45, 7) is 8.89. The minimum absolute atomic E-state index is 0.150. The molecule has 0 aliphatic heterocycles. The van der Waals surface area contributed by atoms with Crippen LogP contribution >= 0.6 is 0 Å². The van der Waals surface area contributed by atoms with Crippen LogP contribution in [0.25, 0.3) is 0 Å². The molecule has 0 aromatic heterocycles. The molecule has 0 aromatic rings. The smallest absolute Gasteiger partial charge is 0.0651 e. The Morgan fingerprint density at radius 3 is 2.24 bits per heavy atom. The van der Waals surface area contributed by atoms with Gasteiger partial charge in [0.05, 0.1) is 11.7 Å². The molecule has 0 heterocycles. The minimum Gasteiger partial charge on any atom is -0.393 e. The lowest BCUT2D eigenvalue weighted by atomic mass is 9.48. The molecule has 3 saturated carbocycles. The van der Waals surface area contributed by atoms with E-state index in [1.54, 1.807) is 0 Å². The molecule has 2 N–H and O–H groups in total. The van der Waals surface area contributed by atoms with Gasteiger partial charge in [-0.15, -0.1) is 0 Å². The molecule has 0 unspecified atom stereocenters. The van der Waals surface area contributed by atoms with Crippen LogP contribution in [0, 0.1) is 28.6 Å². The van der Waals surface area contributed by atoms with Crippen LogP contribution in [-0.2, 0) is 0 Å². The van der Waals surface area contributed by atoms with Crippen molar-refractivity contribution in [3.63, 3.8) is 0 Å². The number of aliphatic hydroxyl groups is 2. The van der Waals surface area contributed by atoms with Crippen molar-refractivity contribution < 1.29 is 10.2 Å². The van der Waals surface area contributed by atoms with Gasteiger partial charge >= 0.3 is 0 Å². The van der Waals surface area contributed by atoms with Gasteiger partial charge in [-0.1, -0.05) is 20.8 Å². The average molecular weight is 238 g/mol. The highest BCUT2D eigenvalue weighted by Gasteiger charge is 2.68. The zero-order chi connectivity index (χ0) is 12.6. The van der Waals surface area contributed by atoms with Crippen LogP contribution in [0.2, 0.25) is 0 Å². The summed E-state index contributed by atoms with van der Waals surface area (Å²) in [5.41, 5.74) is -0.0592. The summed E-state index contributed by atoms with van der Waals surface area (Å²) < 4.78 is 0. The summed E-state index contributed by atoms with van der Waals surface area (Å²) in [4.78, 5) is 0. The van der Waals surface area contributed by atoms with Gasteiger partial charge < -0.3 is 10.2 Å². The molecule has 0 radical (unpaired) electrons. The van der Waals surface area contributed by atoms with Crippen molar-refractivity contribution in [3.05, 3.63) is 0 Å². The fourth-order valence-electron chi connectivity index (χ4n) is 4.93. The average Bonchev–Trinajstić information content (AvgIpc) is 2.83. The summed E-state index contributed by atoms with van der Waals surface area (Å²) in [6.07, 6.45) is 3.62. The second kappa shape index (κ2) is 3.08. The molecule has 3 aliphatic rings. The van der Waals surface area contributed by atoms with E-state index in [-0.39, 0.29) is 11.5 Å². The first-order valence-corrected chi connectivity index (χ1v) is 7.09. The monoisotopic (exact) mass is 238 g/mol. The Morgan fingerprint density at radius 2 is 1.65 bits per heavy atom. The largest absolute Gasteiger partial charge is 0.393 e. The first kappa shape index (κ1) is 12.0. The molecule has 0 amide bonds. The normalized spacial score (nSPS) is 60.4. The molecule has 0 saturated heterocycles. The van der Waals surface area contributed by atoms with Crippen LogP contribution in [0.15, 0.2) is 0 Å². The molecular weight excluding hydrogens is 212 g/mol. The molecule has 6 atom stereocenters. The maximum Gasteiger partial charge on any atom is 0.0651 e. The van der Waals surface area contributed by atoms with Crippen LogP contribution in [0.3, 0.4) is 0 Å². The van der Waals surface area contributed by atoms with E-state index in [1.165, 1.54) is 0 Å². The molecule has 0 spiro atoms. The van der Waals surface area contributed by atoms with Gasteiger partial charge in [-0.05, 0) is 61.2 Å². The summed E-state index contributed by atoms with van der Waals surface area (Å²) in [6, 6.07) is 0. The van der Waals surface area contributed by atoms with Crippen molar-refractivity contribution >= 4 is 0 Å². The first-order valence-electron chi connectivity index (χ1n) is 7.09. The van der Waals surface area contributed by atoms with E-state index in [9.17, 15) is 10.2 Å². The topological polar surface area (TPSA) is 40.5 Å². The SMILES string of the molecule is CC1(C)C[C@H]2[C@H]1[C@H]1C[C@@]1(C)[C@H](O)CC[C@]2(C)O. The minimum atomic E-state index is -0.564. The van der Waals surface area contributed by atoms with E-state index in [4.69, 9.17) is 0 Å². The maximum absolute atomic E-state index is 10.6. The zero-order valence-electron chi connectivity index (χ0n) is 11.5. The van der Waals surface area contributed by atoms with Crippen molar-refractivity contribution in [2.45, 2.75) is 65.1 Å². The molecule has 98 valence electrons. The molecule has 3 aliphatic carbocycles. The third-order valence-electron chi connectivity index (χ3n) is 6.35. The Hall–Kier alpha value is -0.0800. The second-order valence-corrected chi connectivity index (χ2v) is 8.05. The first-order chi connectivity index (χ1) is 7.68. The van der Waals surface area contributed by atoms with Crippen LogP contribution < -0.4 is 0 Å². The molecule has 2 heteroatoms. The van der Waals surface area contributed by atoms with E-state index in [2.05, 4.69) is 20.8 Å². The van der Waals surface area contributed by atoms with Crippen LogP contribution in [0.1, 0.15) is 53.4 Å². The summed E-state index contributed by atoms with van der Waals surface area (Å²) >= 11 is 0. The number of rotatable bonds is 0. The number of hydrogen-bond donors (Lipinski definition) is 2. The van der Waals surface area contributed by atoms with Gasteiger partial charge in [-0.25, -0.2) is 0 Å². The lowest BCUT2D eigenvalue weighted by molar-refractivity contribution is -0.167. The summed E-state index contributed by atoms with van der Waals surface area (Å²) in [7, 11) is 0. The zero-order valence-corrected chi connectivity index (χ0v) is 11.5. The molecule has 17 heavy (non-hydrogen) atoms. The Morgan fingerprint density at radius 1 is 1.00 bits per heavy atom. The molecule has 2 nitrogen and oxygen atoms in total. The van der Waals surface area contributed by atoms with Gasteiger partial charge in [0.1, 0.15) is 0 Å². The summed E-state index contributed by atoms with van der Waals surface area (Å²) in [5, 5.41) is 20.9. The fraction of sp³-hybridized carbons (Fsp3) is 1.00. The third-order valence-corrected chi connectivity index (χ3v) is 6.35.